The fourth-order valence-corrected chi connectivity index (χ4v) is 2.57. The monoisotopic (exact) mass is 265 g/mol. The first-order valence-corrected chi connectivity index (χ1v) is 6.90. The molecule has 5 heteroatoms. The largest absolute Gasteiger partial charge is 0.481 e. The van der Waals surface area contributed by atoms with Crippen LogP contribution >= 0.6 is 0 Å². The minimum atomic E-state index is 0.395. The minimum absolute atomic E-state index is 0.395. The highest BCUT2D eigenvalue weighted by atomic mass is 16.5. The van der Waals surface area contributed by atoms with Gasteiger partial charge in [0.15, 0.2) is 5.82 Å². The molecule has 19 heavy (non-hydrogen) atoms. The first kappa shape index (κ1) is 14.1. The molecule has 0 aliphatic heterocycles. The van der Waals surface area contributed by atoms with E-state index >= 15 is 0 Å². The number of aromatic nitrogens is 2. The summed E-state index contributed by atoms with van der Waals surface area (Å²) in [5, 5.41) is 3.52. The smallest absolute Gasteiger partial charge is 0.218 e. The van der Waals surface area contributed by atoms with Crippen molar-refractivity contribution in [3.05, 3.63) is 11.9 Å². The summed E-state index contributed by atoms with van der Waals surface area (Å²) >= 11 is 0. The summed E-state index contributed by atoms with van der Waals surface area (Å²) in [5.74, 6) is 2.74. The molecule has 1 aliphatic carbocycles. The lowest BCUT2D eigenvalue weighted by molar-refractivity contribution is 0.177. The zero-order valence-electron chi connectivity index (χ0n) is 12.0. The van der Waals surface area contributed by atoms with Gasteiger partial charge in [0.25, 0.3) is 0 Å². The van der Waals surface area contributed by atoms with Gasteiger partial charge in [0.2, 0.25) is 5.88 Å². The van der Waals surface area contributed by atoms with Gasteiger partial charge in [-0.15, -0.1) is 0 Å². The summed E-state index contributed by atoms with van der Waals surface area (Å²) in [5.41, 5.74) is 0. The zero-order valence-corrected chi connectivity index (χ0v) is 12.0. The molecule has 1 aromatic rings. The van der Waals surface area contributed by atoms with Gasteiger partial charge in [-0.05, 0) is 18.8 Å². The Kier molecular flexibility index (Phi) is 4.96. The Labute approximate surface area is 114 Å². The minimum Gasteiger partial charge on any atom is -0.481 e. The van der Waals surface area contributed by atoms with Crippen LogP contribution in [0.5, 0.6) is 5.88 Å². The summed E-state index contributed by atoms with van der Waals surface area (Å²) in [6.45, 7) is 2.69. The first-order valence-electron chi connectivity index (χ1n) is 6.90. The Bertz CT molecular complexity index is 412. The molecule has 2 rings (SSSR count). The Morgan fingerprint density at radius 2 is 2.05 bits per heavy atom. The van der Waals surface area contributed by atoms with Crippen LogP contribution in [-0.2, 0) is 11.3 Å². The van der Waals surface area contributed by atoms with Crippen molar-refractivity contribution in [1.82, 2.24) is 9.97 Å². The van der Waals surface area contributed by atoms with Gasteiger partial charge in [-0.2, -0.15) is 4.98 Å². The summed E-state index contributed by atoms with van der Waals surface area (Å²) < 4.78 is 10.3. The lowest BCUT2D eigenvalue weighted by Gasteiger charge is -2.30. The van der Waals surface area contributed by atoms with Crippen LogP contribution in [-0.4, -0.2) is 30.2 Å². The Balaban J connectivity index is 2.11. The van der Waals surface area contributed by atoms with Gasteiger partial charge in [-0.1, -0.05) is 19.8 Å². The number of hydrogen-bond donors (Lipinski definition) is 1. The summed E-state index contributed by atoms with van der Waals surface area (Å²) in [7, 11) is 3.26. The van der Waals surface area contributed by atoms with Crippen molar-refractivity contribution in [3.8, 4) is 5.88 Å². The average Bonchev–Trinajstić information content (AvgIpc) is 2.41. The van der Waals surface area contributed by atoms with E-state index in [2.05, 4.69) is 22.2 Å². The fraction of sp³-hybridized carbons (Fsp3) is 0.714. The second-order valence-electron chi connectivity index (χ2n) is 5.16. The Morgan fingerprint density at radius 3 is 2.74 bits per heavy atom. The number of hydrogen-bond acceptors (Lipinski definition) is 5. The third-order valence-corrected chi connectivity index (χ3v) is 3.68. The van der Waals surface area contributed by atoms with Gasteiger partial charge < -0.3 is 14.8 Å². The van der Waals surface area contributed by atoms with E-state index in [-0.39, 0.29) is 0 Å². The number of nitrogens with zero attached hydrogens (tertiary/aromatic N) is 2. The van der Waals surface area contributed by atoms with E-state index in [9.17, 15) is 0 Å². The molecule has 2 atom stereocenters. The van der Waals surface area contributed by atoms with E-state index in [4.69, 9.17) is 9.47 Å². The van der Waals surface area contributed by atoms with Crippen LogP contribution < -0.4 is 10.1 Å². The molecule has 5 nitrogen and oxygen atoms in total. The molecule has 1 aliphatic rings. The van der Waals surface area contributed by atoms with Crippen molar-refractivity contribution in [2.75, 3.05) is 19.5 Å². The maximum Gasteiger partial charge on any atom is 0.218 e. The molecule has 0 radical (unpaired) electrons. The van der Waals surface area contributed by atoms with E-state index < -0.39 is 0 Å². The Hall–Kier alpha value is -1.36. The van der Waals surface area contributed by atoms with Crippen molar-refractivity contribution < 1.29 is 9.47 Å². The molecular weight excluding hydrogens is 242 g/mol. The summed E-state index contributed by atoms with van der Waals surface area (Å²) in [6.07, 6.45) is 5.11. The van der Waals surface area contributed by atoms with Crippen molar-refractivity contribution >= 4 is 5.82 Å². The van der Waals surface area contributed by atoms with Gasteiger partial charge >= 0.3 is 0 Å². The maximum atomic E-state index is 5.21. The van der Waals surface area contributed by atoms with Crippen LogP contribution in [0.25, 0.3) is 0 Å². The zero-order chi connectivity index (χ0) is 13.7. The molecule has 1 heterocycles. The molecule has 1 saturated carbocycles. The third-order valence-electron chi connectivity index (χ3n) is 3.68. The second kappa shape index (κ2) is 6.70. The molecule has 1 N–H and O–H groups in total. The van der Waals surface area contributed by atoms with Gasteiger partial charge in [-0.3, -0.25) is 0 Å². The molecule has 0 aromatic carbocycles. The molecule has 106 valence electrons. The van der Waals surface area contributed by atoms with E-state index in [1.54, 1.807) is 14.2 Å². The molecular formula is C14H23N3O2. The number of rotatable bonds is 5. The Morgan fingerprint density at radius 1 is 1.26 bits per heavy atom. The predicted octanol–water partition coefficient (Wildman–Crippen LogP) is 2.62. The number of nitrogens with one attached hydrogen (secondary N) is 1. The molecule has 2 unspecified atom stereocenters. The highest BCUT2D eigenvalue weighted by Gasteiger charge is 2.21. The van der Waals surface area contributed by atoms with Crippen LogP contribution in [0, 0.1) is 5.92 Å². The number of anilines is 1. The van der Waals surface area contributed by atoms with Gasteiger partial charge in [0, 0.05) is 19.2 Å². The van der Waals surface area contributed by atoms with Gasteiger partial charge in [0.05, 0.1) is 7.11 Å². The molecule has 0 saturated heterocycles. The van der Waals surface area contributed by atoms with Crippen molar-refractivity contribution in [2.24, 2.45) is 5.92 Å². The second-order valence-corrected chi connectivity index (χ2v) is 5.16. The predicted molar refractivity (Wildman–Crippen MR) is 74.3 cm³/mol. The van der Waals surface area contributed by atoms with E-state index in [0.29, 0.717) is 30.3 Å². The number of methoxy groups -OCH3 is 2. The van der Waals surface area contributed by atoms with Crippen LogP contribution in [0.1, 0.15) is 38.4 Å². The van der Waals surface area contributed by atoms with Crippen LogP contribution in [0.3, 0.4) is 0 Å². The standard InChI is InChI=1S/C14H23N3O2/c1-10-6-4-5-7-11(10)15-12-8-14(19-3)17-13(16-12)9-18-2/h8,10-11H,4-7,9H2,1-3H3,(H,15,16,17). The quantitative estimate of drug-likeness (QED) is 0.887. The van der Waals surface area contributed by atoms with Crippen molar-refractivity contribution in [1.29, 1.82) is 0 Å². The van der Waals surface area contributed by atoms with Gasteiger partial charge in [-0.25, -0.2) is 4.98 Å². The van der Waals surface area contributed by atoms with Crippen LogP contribution in [0.2, 0.25) is 0 Å². The lowest BCUT2D eigenvalue weighted by atomic mass is 9.86. The molecule has 0 spiro atoms. The average molecular weight is 265 g/mol. The highest BCUT2D eigenvalue weighted by Crippen LogP contribution is 2.27. The topological polar surface area (TPSA) is 56.3 Å². The normalized spacial score (nSPS) is 23.1. The molecule has 0 amide bonds. The summed E-state index contributed by atoms with van der Waals surface area (Å²) in [4.78, 5) is 8.73. The van der Waals surface area contributed by atoms with Crippen molar-refractivity contribution in [2.45, 2.75) is 45.3 Å². The van der Waals surface area contributed by atoms with E-state index in [1.165, 1.54) is 25.7 Å². The van der Waals surface area contributed by atoms with Crippen LogP contribution in [0.15, 0.2) is 6.07 Å². The van der Waals surface area contributed by atoms with E-state index in [0.717, 1.165) is 5.82 Å². The maximum absolute atomic E-state index is 5.21. The molecule has 0 bridgehead atoms. The highest BCUT2D eigenvalue weighted by molar-refractivity contribution is 5.39. The summed E-state index contributed by atoms with van der Waals surface area (Å²) in [6, 6.07) is 2.34. The fourth-order valence-electron chi connectivity index (χ4n) is 2.57. The lowest BCUT2D eigenvalue weighted by Crippen LogP contribution is -2.30. The molecule has 1 aromatic heterocycles. The van der Waals surface area contributed by atoms with Crippen LogP contribution in [0.4, 0.5) is 5.82 Å². The van der Waals surface area contributed by atoms with Gasteiger partial charge in [0.1, 0.15) is 12.4 Å². The molecule has 1 fully saturated rings. The van der Waals surface area contributed by atoms with Crippen molar-refractivity contribution in [3.63, 3.8) is 0 Å². The SMILES string of the molecule is COCc1nc(NC2CCCCC2C)cc(OC)n1. The third kappa shape index (κ3) is 3.80. The first-order chi connectivity index (χ1) is 9.22. The van der Waals surface area contributed by atoms with E-state index in [1.807, 2.05) is 6.07 Å². The number of ether oxygens (including phenoxy) is 2.